The Labute approximate surface area is 130 Å². The van der Waals surface area contributed by atoms with E-state index in [-0.39, 0.29) is 0 Å². The van der Waals surface area contributed by atoms with Crippen LogP contribution in [0.3, 0.4) is 0 Å². The molecule has 21 heavy (non-hydrogen) atoms. The van der Waals surface area contributed by atoms with E-state index in [1.807, 2.05) is 6.07 Å². The average molecular weight is 313 g/mol. The molecular formula is C16H16N3PS. The second kappa shape index (κ2) is 5.63. The van der Waals surface area contributed by atoms with Gasteiger partial charge in [-0.2, -0.15) is 10.00 Å². The maximum atomic E-state index is 4.76. The molecule has 1 unspecified atom stereocenters. The molecule has 2 aromatic carbocycles. The summed E-state index contributed by atoms with van der Waals surface area (Å²) in [5.41, 5.74) is 6.76. The van der Waals surface area contributed by atoms with Crippen LogP contribution in [0.15, 0.2) is 40.3 Å². The zero-order valence-electron chi connectivity index (χ0n) is 12.2. The molecule has 0 radical (unpaired) electrons. The van der Waals surface area contributed by atoms with Crippen LogP contribution in [0, 0.1) is 20.8 Å². The fraction of sp³-hybridized carbons (Fsp3) is 0.188. The van der Waals surface area contributed by atoms with E-state index < -0.39 is 0 Å². The number of hydrogen-bond donors (Lipinski definition) is 0. The molecule has 0 aliphatic rings. The van der Waals surface area contributed by atoms with E-state index in [1.165, 1.54) is 21.4 Å². The van der Waals surface area contributed by atoms with Crippen molar-refractivity contribution in [2.75, 3.05) is 0 Å². The summed E-state index contributed by atoms with van der Waals surface area (Å²) in [5.74, 6) is 0. The van der Waals surface area contributed by atoms with Crippen molar-refractivity contribution in [3.05, 3.63) is 47.0 Å². The summed E-state index contributed by atoms with van der Waals surface area (Å²) in [7, 11) is 2.27. The van der Waals surface area contributed by atoms with Crippen LogP contribution in [-0.4, -0.2) is 4.98 Å². The number of rotatable bonds is 2. The van der Waals surface area contributed by atoms with Gasteiger partial charge in [0.25, 0.3) is 0 Å². The van der Waals surface area contributed by atoms with E-state index in [1.54, 1.807) is 11.3 Å². The second-order valence-electron chi connectivity index (χ2n) is 5.09. The number of aromatic nitrogens is 1. The van der Waals surface area contributed by atoms with E-state index in [2.05, 4.69) is 64.4 Å². The van der Waals surface area contributed by atoms with Gasteiger partial charge >= 0.3 is 0 Å². The fourth-order valence-corrected chi connectivity index (χ4v) is 3.63. The minimum atomic E-state index is 0.906. The Morgan fingerprint density at radius 2 is 1.86 bits per heavy atom. The molecule has 0 amide bonds. The van der Waals surface area contributed by atoms with Crippen LogP contribution in [0.25, 0.3) is 20.8 Å². The highest BCUT2D eigenvalue weighted by molar-refractivity contribution is 7.21. The maximum Gasteiger partial charge on any atom is 0.124 e. The highest BCUT2D eigenvalue weighted by Gasteiger charge is 2.12. The summed E-state index contributed by atoms with van der Waals surface area (Å²) in [6, 6.07) is 10.5. The average Bonchev–Trinajstić information content (AvgIpc) is 2.87. The van der Waals surface area contributed by atoms with Gasteiger partial charge in [0.1, 0.15) is 5.01 Å². The molecule has 1 heterocycles. The van der Waals surface area contributed by atoms with Crippen molar-refractivity contribution in [2.45, 2.75) is 20.8 Å². The van der Waals surface area contributed by atoms with Crippen LogP contribution in [0.5, 0.6) is 0 Å². The Balaban J connectivity index is 2.16. The number of aryl methyl sites for hydroxylation is 1. The van der Waals surface area contributed by atoms with Gasteiger partial charge in [0.15, 0.2) is 0 Å². The molecule has 3 rings (SSSR count). The fourth-order valence-electron chi connectivity index (χ4n) is 2.36. The van der Waals surface area contributed by atoms with E-state index in [9.17, 15) is 0 Å². The van der Waals surface area contributed by atoms with E-state index in [4.69, 9.17) is 4.98 Å². The predicted molar refractivity (Wildman–Crippen MR) is 93.5 cm³/mol. The quantitative estimate of drug-likeness (QED) is 0.437. The van der Waals surface area contributed by atoms with E-state index in [0.717, 1.165) is 21.8 Å². The highest BCUT2D eigenvalue weighted by atomic mass is 32.1. The number of thiazole rings is 1. The zero-order valence-corrected chi connectivity index (χ0v) is 14.2. The first-order chi connectivity index (χ1) is 10.1. The van der Waals surface area contributed by atoms with Crippen LogP contribution >= 0.6 is 20.7 Å². The zero-order chi connectivity index (χ0) is 15.0. The Bertz CT molecular complexity index is 852. The standard InChI is InChI=1S/C16H16N3PS/c1-9-4-6-14-15(8-9)21-16(17-14)12-5-7-13(18-19-20)11(3)10(12)2/h4-8H,20H2,1-3H3. The van der Waals surface area contributed by atoms with Crippen molar-refractivity contribution in [3.8, 4) is 10.6 Å². The lowest BCUT2D eigenvalue weighted by molar-refractivity contribution is 1.25. The molecule has 106 valence electrons. The van der Waals surface area contributed by atoms with Crippen molar-refractivity contribution in [3.63, 3.8) is 0 Å². The van der Waals surface area contributed by atoms with Gasteiger partial charge in [0.2, 0.25) is 0 Å². The summed E-state index contributed by atoms with van der Waals surface area (Å²) in [6.07, 6.45) is 0. The first-order valence-corrected chi connectivity index (χ1v) is 8.02. The molecule has 0 fully saturated rings. The Morgan fingerprint density at radius 1 is 1.05 bits per heavy atom. The SMILES string of the molecule is Cc1ccc2nc(-c3ccc(N=NP)c(C)c3C)sc2c1. The van der Waals surface area contributed by atoms with Gasteiger partial charge in [0, 0.05) is 15.0 Å². The lowest BCUT2D eigenvalue weighted by Gasteiger charge is -2.08. The largest absolute Gasteiger partial charge is 0.236 e. The minimum absolute atomic E-state index is 0.906. The van der Waals surface area contributed by atoms with E-state index >= 15 is 0 Å². The van der Waals surface area contributed by atoms with Crippen LogP contribution in [0.2, 0.25) is 0 Å². The van der Waals surface area contributed by atoms with Crippen LogP contribution in [-0.2, 0) is 0 Å². The van der Waals surface area contributed by atoms with Gasteiger partial charge in [-0.05, 0) is 61.7 Å². The Kier molecular flexibility index (Phi) is 3.83. The summed E-state index contributed by atoms with van der Waals surface area (Å²) in [4.78, 5) is 8.55. The summed E-state index contributed by atoms with van der Waals surface area (Å²) in [5, 5.41) is 5.19. The molecule has 0 saturated carbocycles. The van der Waals surface area contributed by atoms with Gasteiger partial charge in [-0.3, -0.25) is 0 Å². The normalized spacial score (nSPS) is 11.6. The molecule has 0 spiro atoms. The molecule has 0 aliphatic heterocycles. The van der Waals surface area contributed by atoms with Crippen LogP contribution < -0.4 is 0 Å². The Hall–Kier alpha value is -1.64. The van der Waals surface area contributed by atoms with Crippen molar-refractivity contribution in [2.24, 2.45) is 10.00 Å². The van der Waals surface area contributed by atoms with Crippen molar-refractivity contribution >= 4 is 36.6 Å². The lowest BCUT2D eigenvalue weighted by Crippen LogP contribution is -1.87. The minimum Gasteiger partial charge on any atom is -0.236 e. The number of fused-ring (bicyclic) bond motifs is 1. The molecule has 0 saturated heterocycles. The first kappa shape index (κ1) is 14.3. The second-order valence-corrected chi connectivity index (χ2v) is 6.35. The smallest absolute Gasteiger partial charge is 0.124 e. The van der Waals surface area contributed by atoms with E-state index in [0.29, 0.717) is 0 Å². The van der Waals surface area contributed by atoms with Gasteiger partial charge in [-0.15, -0.1) is 11.3 Å². The van der Waals surface area contributed by atoms with Gasteiger partial charge < -0.3 is 0 Å². The van der Waals surface area contributed by atoms with Crippen molar-refractivity contribution < 1.29 is 0 Å². The first-order valence-electron chi connectivity index (χ1n) is 6.69. The van der Waals surface area contributed by atoms with Gasteiger partial charge in [-0.1, -0.05) is 6.07 Å². The molecule has 1 aromatic heterocycles. The molecule has 0 N–H and O–H groups in total. The lowest BCUT2D eigenvalue weighted by atomic mass is 10.0. The highest BCUT2D eigenvalue weighted by Crippen LogP contribution is 2.36. The Morgan fingerprint density at radius 3 is 2.62 bits per heavy atom. The third-order valence-corrected chi connectivity index (χ3v) is 4.87. The molecule has 0 aliphatic carbocycles. The van der Waals surface area contributed by atoms with Crippen molar-refractivity contribution in [1.29, 1.82) is 0 Å². The van der Waals surface area contributed by atoms with Crippen molar-refractivity contribution in [1.82, 2.24) is 4.98 Å². The topological polar surface area (TPSA) is 37.6 Å². The number of hydrogen-bond acceptors (Lipinski definition) is 4. The van der Waals surface area contributed by atoms with Crippen LogP contribution in [0.1, 0.15) is 16.7 Å². The molecule has 0 bridgehead atoms. The number of nitrogens with zero attached hydrogens (tertiary/aromatic N) is 3. The van der Waals surface area contributed by atoms with Crippen LogP contribution in [0.4, 0.5) is 5.69 Å². The monoisotopic (exact) mass is 313 g/mol. The molecule has 5 heteroatoms. The third kappa shape index (κ3) is 2.61. The summed E-state index contributed by atoms with van der Waals surface area (Å²) >= 11 is 1.74. The molecule has 3 nitrogen and oxygen atoms in total. The third-order valence-electron chi connectivity index (χ3n) is 3.70. The molecule has 1 atom stereocenters. The van der Waals surface area contributed by atoms with Gasteiger partial charge in [-0.25, -0.2) is 4.98 Å². The summed E-state index contributed by atoms with van der Waals surface area (Å²) in [6.45, 7) is 6.30. The van der Waals surface area contributed by atoms with Gasteiger partial charge in [0.05, 0.1) is 15.9 Å². The summed E-state index contributed by atoms with van der Waals surface area (Å²) < 4.78 is 1.23. The number of benzene rings is 2. The molecule has 3 aromatic rings. The maximum absolute atomic E-state index is 4.76. The molecular weight excluding hydrogens is 297 g/mol. The predicted octanol–water partition coefficient (Wildman–Crippen LogP) is 5.76.